The summed E-state index contributed by atoms with van der Waals surface area (Å²) in [6.07, 6.45) is 2.34. The molecule has 0 unspecified atom stereocenters. The topological polar surface area (TPSA) is 12.2 Å². The fourth-order valence-corrected chi connectivity index (χ4v) is 0.927. The Balaban J connectivity index is 2.27. The molecule has 1 aliphatic heterocycles. The Kier molecular flexibility index (Phi) is 2.36. The molecule has 0 atom stereocenters. The molecule has 0 N–H and O–H groups in total. The predicted molar refractivity (Wildman–Crippen MR) is 32.5 cm³/mol. The summed E-state index contributed by atoms with van der Waals surface area (Å²) in [7, 11) is 0. The van der Waals surface area contributed by atoms with Crippen molar-refractivity contribution >= 4 is 12.4 Å². The summed E-state index contributed by atoms with van der Waals surface area (Å²) in [6.45, 7) is 2.53. The van der Waals surface area contributed by atoms with Crippen LogP contribution in [0.15, 0.2) is 0 Å². The van der Waals surface area contributed by atoms with Crippen molar-refractivity contribution in [2.45, 2.75) is 12.8 Å². The number of nitrogens with zero attached hydrogens (tertiary/aromatic N) is 1. The highest BCUT2D eigenvalue weighted by molar-refractivity contribution is 7.44. The summed E-state index contributed by atoms with van der Waals surface area (Å²) in [4.78, 5) is 0. The fraction of sp³-hybridized carbons (Fsp3) is 1.00. The van der Waals surface area contributed by atoms with Crippen molar-refractivity contribution in [3.63, 3.8) is 0 Å². The second kappa shape index (κ2) is 3.10. The summed E-state index contributed by atoms with van der Waals surface area (Å²) in [5, 5.41) is 0. The van der Waals surface area contributed by atoms with E-state index in [1.54, 1.807) is 3.95 Å². The first-order valence-corrected chi connectivity index (χ1v) is 3.26. The summed E-state index contributed by atoms with van der Waals surface area (Å²) < 4.78 is 6.91. The lowest BCUT2D eigenvalue weighted by atomic mass is 10.3. The molecule has 1 aliphatic rings. The van der Waals surface area contributed by atoms with E-state index in [0.717, 1.165) is 19.6 Å². The minimum Gasteiger partial charge on any atom is -0.323 e. The van der Waals surface area contributed by atoms with Crippen LogP contribution in [-0.4, -0.2) is 23.8 Å². The first-order chi connectivity index (χ1) is 3.89. The molecule has 1 heterocycles. The van der Waals surface area contributed by atoms with Crippen LogP contribution in [-0.2, 0) is 17.2 Å². The quantitative estimate of drug-likeness (QED) is 0.445. The van der Waals surface area contributed by atoms with Crippen molar-refractivity contribution in [3.8, 4) is 0 Å². The van der Waals surface area contributed by atoms with Crippen LogP contribution < -0.4 is 0 Å². The molecule has 8 heavy (non-hydrogen) atoms. The van der Waals surface area contributed by atoms with E-state index in [0.29, 0.717) is 6.73 Å². The monoisotopic (exact) mass is 132 g/mol. The van der Waals surface area contributed by atoms with Gasteiger partial charge in [-0.1, -0.05) is 0 Å². The number of hydrogen-bond donors (Lipinski definition) is 0. The summed E-state index contributed by atoms with van der Waals surface area (Å²) >= 11 is 4.88. The van der Waals surface area contributed by atoms with Crippen LogP contribution in [0.4, 0.5) is 0 Å². The molecule has 3 heteroatoms. The third-order valence-electron chi connectivity index (χ3n) is 1.18. The minimum atomic E-state index is 0.634. The lowest BCUT2D eigenvalue weighted by Crippen LogP contribution is -2.09. The summed E-state index contributed by atoms with van der Waals surface area (Å²) in [5.41, 5.74) is 0. The first kappa shape index (κ1) is 6.11. The van der Waals surface area contributed by atoms with Crippen LogP contribution in [0.1, 0.15) is 12.8 Å². The van der Waals surface area contributed by atoms with Crippen LogP contribution in [0.2, 0.25) is 0 Å². The van der Waals surface area contributed by atoms with Crippen LogP contribution >= 0.6 is 0 Å². The van der Waals surface area contributed by atoms with E-state index in [4.69, 9.17) is 17.2 Å². The van der Waals surface area contributed by atoms with Crippen LogP contribution in [0, 0.1) is 0 Å². The molecular formula is C5H10NOS+. The maximum atomic E-state index is 5.13. The molecule has 0 aromatic heterocycles. The van der Waals surface area contributed by atoms with Gasteiger partial charge in [-0.15, -0.1) is 3.95 Å². The molecule has 0 aliphatic carbocycles. The van der Waals surface area contributed by atoms with Crippen molar-refractivity contribution in [1.82, 2.24) is 0 Å². The fourth-order valence-electron chi connectivity index (χ4n) is 0.723. The van der Waals surface area contributed by atoms with Gasteiger partial charge in [0, 0.05) is 6.42 Å². The minimum absolute atomic E-state index is 0.634. The number of hydrogen-bond acceptors (Lipinski definition) is 2. The molecule has 46 valence electrons. The van der Waals surface area contributed by atoms with Gasteiger partial charge in [0.15, 0.2) is 6.54 Å². The molecule has 0 aromatic carbocycles. The second-order valence-corrected chi connectivity index (χ2v) is 2.47. The van der Waals surface area contributed by atoms with Gasteiger partial charge >= 0.3 is 0 Å². The van der Waals surface area contributed by atoms with Crippen LogP contribution in [0.25, 0.3) is 0 Å². The first-order valence-electron chi connectivity index (χ1n) is 2.89. The molecule has 1 fully saturated rings. The van der Waals surface area contributed by atoms with E-state index in [1.165, 1.54) is 6.42 Å². The molecule has 0 radical (unpaired) electrons. The van der Waals surface area contributed by atoms with Gasteiger partial charge in [0.05, 0.1) is 6.61 Å². The molecule has 2 nitrogen and oxygen atoms in total. The highest BCUT2D eigenvalue weighted by Gasteiger charge is 2.06. The SMILES string of the molecule is S=[N+]1CCCCOC1. The predicted octanol–water partition coefficient (Wildman–Crippen LogP) is 0.497. The van der Waals surface area contributed by atoms with Crippen LogP contribution in [0.5, 0.6) is 0 Å². The summed E-state index contributed by atoms with van der Waals surface area (Å²) in [5.74, 6) is 0. The standard InChI is InChI=1S/C5H10NOS/c8-6-3-1-2-4-7-5-6/h1-5H2/q+1. The highest BCUT2D eigenvalue weighted by Crippen LogP contribution is 1.95. The average Bonchev–Trinajstić information content (AvgIpc) is 1.94. The highest BCUT2D eigenvalue weighted by atomic mass is 32.1. The number of rotatable bonds is 0. The molecule has 0 bridgehead atoms. The normalized spacial score (nSPS) is 22.8. The zero-order valence-electron chi connectivity index (χ0n) is 4.80. The maximum Gasteiger partial charge on any atom is 0.265 e. The van der Waals surface area contributed by atoms with Gasteiger partial charge in [-0.25, -0.2) is 0 Å². The van der Waals surface area contributed by atoms with Crippen molar-refractivity contribution in [1.29, 1.82) is 0 Å². The van der Waals surface area contributed by atoms with Gasteiger partial charge < -0.3 is 4.74 Å². The lowest BCUT2D eigenvalue weighted by Gasteiger charge is -1.89. The van der Waals surface area contributed by atoms with E-state index in [-0.39, 0.29) is 0 Å². The van der Waals surface area contributed by atoms with Gasteiger partial charge in [-0.3, -0.25) is 0 Å². The van der Waals surface area contributed by atoms with E-state index in [1.807, 2.05) is 0 Å². The van der Waals surface area contributed by atoms with Gasteiger partial charge in [-0.2, -0.15) is 0 Å². The third-order valence-corrected chi connectivity index (χ3v) is 1.47. The Labute approximate surface area is 54.6 Å². The van der Waals surface area contributed by atoms with Crippen LogP contribution in [0.3, 0.4) is 0 Å². The average molecular weight is 132 g/mol. The third kappa shape index (κ3) is 1.84. The molecular weight excluding hydrogens is 122 g/mol. The van der Waals surface area contributed by atoms with Crippen molar-refractivity contribution < 1.29 is 8.68 Å². The molecule has 0 spiro atoms. The van der Waals surface area contributed by atoms with Crippen molar-refractivity contribution in [2.24, 2.45) is 0 Å². The number of ether oxygens (including phenoxy) is 1. The Hall–Kier alpha value is -0.0200. The van der Waals surface area contributed by atoms with E-state index < -0.39 is 0 Å². The van der Waals surface area contributed by atoms with E-state index in [2.05, 4.69) is 0 Å². The van der Waals surface area contributed by atoms with E-state index >= 15 is 0 Å². The van der Waals surface area contributed by atoms with Gasteiger partial charge in [0.25, 0.3) is 19.2 Å². The zero-order valence-corrected chi connectivity index (χ0v) is 5.62. The van der Waals surface area contributed by atoms with Gasteiger partial charge in [-0.05, 0) is 6.42 Å². The van der Waals surface area contributed by atoms with E-state index in [9.17, 15) is 0 Å². The largest absolute Gasteiger partial charge is 0.323 e. The molecule has 0 saturated carbocycles. The maximum absolute atomic E-state index is 5.13. The molecule has 1 rings (SSSR count). The molecule has 1 saturated heterocycles. The Morgan fingerprint density at radius 3 is 3.12 bits per heavy atom. The Bertz CT molecular complexity index is 84.4. The Morgan fingerprint density at radius 1 is 1.38 bits per heavy atom. The van der Waals surface area contributed by atoms with Gasteiger partial charge in [0.2, 0.25) is 0 Å². The van der Waals surface area contributed by atoms with Crippen molar-refractivity contribution in [2.75, 3.05) is 19.9 Å². The molecule has 0 amide bonds. The van der Waals surface area contributed by atoms with Crippen molar-refractivity contribution in [3.05, 3.63) is 0 Å². The zero-order chi connectivity index (χ0) is 5.82. The smallest absolute Gasteiger partial charge is 0.265 e. The summed E-state index contributed by atoms with van der Waals surface area (Å²) in [6, 6.07) is 0. The Morgan fingerprint density at radius 2 is 2.25 bits per heavy atom. The molecule has 0 aromatic rings. The lowest BCUT2D eigenvalue weighted by molar-refractivity contribution is -0.536. The van der Waals surface area contributed by atoms with Gasteiger partial charge in [0.1, 0.15) is 0 Å². The second-order valence-electron chi connectivity index (χ2n) is 1.95.